The fourth-order valence-corrected chi connectivity index (χ4v) is 3.96. The van der Waals surface area contributed by atoms with Crippen molar-refractivity contribution in [2.75, 3.05) is 5.32 Å². The number of aromatic nitrogens is 7. The Morgan fingerprint density at radius 2 is 2.00 bits per heavy atom. The lowest BCUT2D eigenvalue weighted by Gasteiger charge is -2.05. The molecule has 0 atom stereocenters. The Balaban J connectivity index is 1.21. The van der Waals surface area contributed by atoms with Crippen LogP contribution < -0.4 is 5.32 Å². The van der Waals surface area contributed by atoms with Crippen LogP contribution in [0, 0.1) is 0 Å². The number of anilines is 1. The molecular weight excluding hydrogens is 416 g/mol. The number of carbonyl (C=O) groups is 1. The Morgan fingerprint density at radius 3 is 2.91 bits per heavy atom. The Hall–Kier alpha value is -4.79. The van der Waals surface area contributed by atoms with Crippen LogP contribution in [0.4, 0.5) is 5.69 Å². The van der Waals surface area contributed by atoms with Gasteiger partial charge < -0.3 is 5.32 Å². The normalized spacial score (nSPS) is 11.3. The minimum Gasteiger partial charge on any atom is -0.318 e. The topological polar surface area (TPSA) is 117 Å². The van der Waals surface area contributed by atoms with Crippen LogP contribution >= 0.6 is 0 Å². The molecule has 4 heterocycles. The highest BCUT2D eigenvalue weighted by atomic mass is 16.2. The van der Waals surface area contributed by atoms with Gasteiger partial charge in [0.15, 0.2) is 5.69 Å². The molecule has 4 aromatic heterocycles. The number of nitrogens with zero attached hydrogens (tertiary/aromatic N) is 5. The molecular formula is C24H18N8O. The van der Waals surface area contributed by atoms with Crippen LogP contribution in [0.2, 0.25) is 0 Å². The highest BCUT2D eigenvalue weighted by Gasteiger charge is 2.16. The Bertz CT molecular complexity index is 1590. The van der Waals surface area contributed by atoms with Gasteiger partial charge in [-0.2, -0.15) is 15.3 Å². The molecule has 0 aliphatic rings. The van der Waals surface area contributed by atoms with Gasteiger partial charge in [-0.15, -0.1) is 0 Å². The average Bonchev–Trinajstić information content (AvgIpc) is 3.60. The zero-order valence-electron chi connectivity index (χ0n) is 17.4. The number of fused-ring (bicyclic) bond motifs is 2. The Labute approximate surface area is 187 Å². The van der Waals surface area contributed by atoms with Crippen LogP contribution in [0.3, 0.4) is 0 Å². The first-order valence-electron chi connectivity index (χ1n) is 10.4. The molecule has 33 heavy (non-hydrogen) atoms. The summed E-state index contributed by atoms with van der Waals surface area (Å²) in [5.41, 5.74) is 5.65. The molecule has 6 aromatic rings. The van der Waals surface area contributed by atoms with E-state index in [1.54, 1.807) is 29.5 Å². The zero-order valence-corrected chi connectivity index (χ0v) is 17.4. The quantitative estimate of drug-likeness (QED) is 0.379. The van der Waals surface area contributed by atoms with Crippen LogP contribution in [0.15, 0.2) is 79.5 Å². The molecule has 0 saturated carbocycles. The second-order valence-electron chi connectivity index (χ2n) is 7.69. The molecule has 160 valence electrons. The summed E-state index contributed by atoms with van der Waals surface area (Å²) in [4.78, 5) is 17.4. The minimum atomic E-state index is -0.302. The van der Waals surface area contributed by atoms with Crippen molar-refractivity contribution in [2.24, 2.45) is 0 Å². The van der Waals surface area contributed by atoms with Crippen LogP contribution in [-0.2, 0) is 6.54 Å². The van der Waals surface area contributed by atoms with Crippen molar-refractivity contribution in [3.8, 4) is 11.1 Å². The predicted molar refractivity (Wildman–Crippen MR) is 125 cm³/mol. The Kier molecular flexibility index (Phi) is 4.43. The predicted octanol–water partition coefficient (Wildman–Crippen LogP) is 4.00. The van der Waals surface area contributed by atoms with Gasteiger partial charge in [0.1, 0.15) is 0 Å². The summed E-state index contributed by atoms with van der Waals surface area (Å²) in [6.45, 7) is 0.548. The van der Waals surface area contributed by atoms with Gasteiger partial charge in [0.25, 0.3) is 5.91 Å². The summed E-state index contributed by atoms with van der Waals surface area (Å²) in [5.74, 6) is -0.302. The standard InChI is InChI=1S/C24H18N8O/c33-24(23-20-7-6-16(9-21(20)30-31-23)18-10-26-27-11-18)29-19-12-28-32(14-19)13-17-4-1-3-15-5-2-8-25-22(15)17/h1-12,14H,13H2,(H,26,27)(H,29,33)(H,30,31). The number of hydrogen-bond acceptors (Lipinski definition) is 5. The minimum absolute atomic E-state index is 0.302. The van der Waals surface area contributed by atoms with E-state index in [-0.39, 0.29) is 5.91 Å². The number of benzene rings is 2. The molecule has 0 spiro atoms. The molecule has 6 rings (SSSR count). The highest BCUT2D eigenvalue weighted by Crippen LogP contribution is 2.25. The molecule has 0 saturated heterocycles. The number of H-pyrrole nitrogens is 2. The van der Waals surface area contributed by atoms with Gasteiger partial charge in [-0.25, -0.2) is 0 Å². The average molecular weight is 434 g/mol. The summed E-state index contributed by atoms with van der Waals surface area (Å²) in [6, 6.07) is 15.8. The van der Waals surface area contributed by atoms with Gasteiger partial charge in [-0.05, 0) is 29.3 Å². The van der Waals surface area contributed by atoms with Gasteiger partial charge in [0, 0.05) is 34.9 Å². The molecule has 9 heteroatoms. The lowest BCUT2D eigenvalue weighted by atomic mass is 10.1. The first-order valence-corrected chi connectivity index (χ1v) is 10.4. The van der Waals surface area contributed by atoms with Gasteiger partial charge in [-0.1, -0.05) is 30.3 Å². The molecule has 9 nitrogen and oxygen atoms in total. The number of rotatable bonds is 5. The van der Waals surface area contributed by atoms with E-state index >= 15 is 0 Å². The molecule has 0 fully saturated rings. The molecule has 3 N–H and O–H groups in total. The van der Waals surface area contributed by atoms with E-state index in [0.29, 0.717) is 17.9 Å². The van der Waals surface area contributed by atoms with Crippen molar-refractivity contribution in [3.63, 3.8) is 0 Å². The fraction of sp³-hybridized carbons (Fsp3) is 0.0417. The zero-order chi connectivity index (χ0) is 22.2. The maximum atomic E-state index is 12.9. The van der Waals surface area contributed by atoms with E-state index in [4.69, 9.17) is 0 Å². The smallest absolute Gasteiger partial charge is 0.276 e. The SMILES string of the molecule is O=C(Nc1cnn(Cc2cccc3cccnc23)c1)c1n[nH]c2cc(-c3cn[nH]c3)ccc12. The number of aromatic amines is 2. The fourth-order valence-electron chi connectivity index (χ4n) is 3.96. The van der Waals surface area contributed by atoms with E-state index in [9.17, 15) is 4.79 Å². The lowest BCUT2D eigenvalue weighted by molar-refractivity contribution is 0.102. The van der Waals surface area contributed by atoms with Gasteiger partial charge in [-0.3, -0.25) is 24.7 Å². The summed E-state index contributed by atoms with van der Waals surface area (Å²) in [5, 5.41) is 23.1. The molecule has 0 bridgehead atoms. The number of hydrogen-bond donors (Lipinski definition) is 3. The van der Waals surface area contributed by atoms with Crippen molar-refractivity contribution in [2.45, 2.75) is 6.54 Å². The molecule has 0 aliphatic carbocycles. The van der Waals surface area contributed by atoms with Crippen LogP contribution in [-0.4, -0.2) is 41.1 Å². The molecule has 0 aliphatic heterocycles. The van der Waals surface area contributed by atoms with E-state index in [2.05, 4.69) is 35.8 Å². The number of pyridine rings is 1. The molecule has 0 unspecified atom stereocenters. The van der Waals surface area contributed by atoms with Crippen LogP contribution in [0.25, 0.3) is 32.9 Å². The van der Waals surface area contributed by atoms with Crippen molar-refractivity contribution in [1.82, 2.24) is 35.2 Å². The largest absolute Gasteiger partial charge is 0.318 e. The summed E-state index contributed by atoms with van der Waals surface area (Å²) in [6.07, 6.45) is 8.77. The third-order valence-corrected chi connectivity index (χ3v) is 5.55. The maximum absolute atomic E-state index is 12.9. The summed E-state index contributed by atoms with van der Waals surface area (Å²) in [7, 11) is 0. The van der Waals surface area contributed by atoms with E-state index < -0.39 is 0 Å². The van der Waals surface area contributed by atoms with Gasteiger partial charge >= 0.3 is 0 Å². The monoisotopic (exact) mass is 434 g/mol. The summed E-state index contributed by atoms with van der Waals surface area (Å²) >= 11 is 0. The second-order valence-corrected chi connectivity index (χ2v) is 7.69. The number of carbonyl (C=O) groups excluding carboxylic acids is 1. The molecule has 0 radical (unpaired) electrons. The third kappa shape index (κ3) is 3.51. The van der Waals surface area contributed by atoms with Crippen LogP contribution in [0.1, 0.15) is 16.1 Å². The third-order valence-electron chi connectivity index (χ3n) is 5.55. The molecule has 1 amide bonds. The maximum Gasteiger partial charge on any atom is 0.276 e. The van der Waals surface area contributed by atoms with Crippen molar-refractivity contribution in [1.29, 1.82) is 0 Å². The van der Waals surface area contributed by atoms with Crippen molar-refractivity contribution >= 4 is 33.4 Å². The van der Waals surface area contributed by atoms with Gasteiger partial charge in [0.2, 0.25) is 0 Å². The van der Waals surface area contributed by atoms with Gasteiger partial charge in [0.05, 0.1) is 35.7 Å². The number of nitrogens with one attached hydrogen (secondary N) is 3. The summed E-state index contributed by atoms with van der Waals surface area (Å²) < 4.78 is 1.78. The van der Waals surface area contributed by atoms with Crippen molar-refractivity contribution in [3.05, 3.63) is 90.8 Å². The van der Waals surface area contributed by atoms with E-state index in [1.807, 2.05) is 54.7 Å². The lowest BCUT2D eigenvalue weighted by Crippen LogP contribution is -2.12. The first kappa shape index (κ1) is 18.9. The van der Waals surface area contributed by atoms with Crippen LogP contribution in [0.5, 0.6) is 0 Å². The highest BCUT2D eigenvalue weighted by molar-refractivity contribution is 6.11. The Morgan fingerprint density at radius 1 is 1.06 bits per heavy atom. The molecule has 2 aromatic carbocycles. The second kappa shape index (κ2) is 7.72. The van der Waals surface area contributed by atoms with Crippen molar-refractivity contribution < 1.29 is 4.79 Å². The first-order chi connectivity index (χ1) is 16.2. The van der Waals surface area contributed by atoms with E-state index in [1.165, 1.54) is 0 Å². The number of para-hydroxylation sites is 1. The number of amides is 1. The van der Waals surface area contributed by atoms with E-state index in [0.717, 1.165) is 38.5 Å².